The summed E-state index contributed by atoms with van der Waals surface area (Å²) in [6.45, 7) is 1.89. The molecule has 3 rings (SSSR count). The van der Waals surface area contributed by atoms with Crippen molar-refractivity contribution in [2.45, 2.75) is 24.5 Å². The van der Waals surface area contributed by atoms with Gasteiger partial charge in [0.1, 0.15) is 0 Å². The number of nitrogens with one attached hydrogen (secondary N) is 1. The number of rotatable bonds is 3. The number of amides is 2. The van der Waals surface area contributed by atoms with E-state index in [2.05, 4.69) is 10.3 Å². The number of aryl methyl sites for hydroxylation is 1. The Morgan fingerprint density at radius 2 is 2.22 bits per heavy atom. The topological polar surface area (TPSA) is 67.2 Å². The number of hydrogen-bond acceptors (Lipinski definition) is 4. The number of fused-ring (bicyclic) bond motifs is 1. The van der Waals surface area contributed by atoms with E-state index in [0.29, 0.717) is 5.69 Å². The number of thioether (sulfide) groups is 1. The summed E-state index contributed by atoms with van der Waals surface area (Å²) in [4.78, 5) is 30.6. The van der Waals surface area contributed by atoms with Crippen LogP contribution in [0.25, 0.3) is 0 Å². The molecule has 0 saturated heterocycles. The zero-order valence-corrected chi connectivity index (χ0v) is 13.8. The Hall–Kier alpha value is -2.28. The van der Waals surface area contributed by atoms with E-state index in [4.69, 9.17) is 0 Å². The van der Waals surface area contributed by atoms with Crippen LogP contribution in [0.5, 0.6) is 0 Å². The third kappa shape index (κ3) is 3.24. The molecule has 23 heavy (non-hydrogen) atoms. The van der Waals surface area contributed by atoms with Crippen LogP contribution >= 0.6 is 11.8 Å². The first-order valence-corrected chi connectivity index (χ1v) is 8.36. The van der Waals surface area contributed by atoms with Crippen LogP contribution in [0.4, 0.5) is 11.4 Å². The van der Waals surface area contributed by atoms with Crippen LogP contribution in [0.3, 0.4) is 0 Å². The van der Waals surface area contributed by atoms with Crippen LogP contribution in [-0.4, -0.2) is 33.2 Å². The van der Waals surface area contributed by atoms with Gasteiger partial charge in [-0.3, -0.25) is 9.59 Å². The second-order valence-corrected chi connectivity index (χ2v) is 6.43. The molecule has 0 aliphatic carbocycles. The van der Waals surface area contributed by atoms with Gasteiger partial charge in [0.25, 0.3) is 0 Å². The summed E-state index contributed by atoms with van der Waals surface area (Å²) in [6.07, 6.45) is 3.84. The number of aromatic nitrogens is 2. The summed E-state index contributed by atoms with van der Waals surface area (Å²) in [5.74, 6) is 0.170. The lowest BCUT2D eigenvalue weighted by molar-refractivity contribution is -0.117. The van der Waals surface area contributed by atoms with Gasteiger partial charge in [-0.15, -0.1) is 0 Å². The highest BCUT2D eigenvalue weighted by atomic mass is 32.2. The number of imidazole rings is 1. The minimum Gasteiger partial charge on any atom is -0.329 e. The Bertz CT molecular complexity index is 743. The van der Waals surface area contributed by atoms with Crippen molar-refractivity contribution in [3.05, 3.63) is 36.7 Å². The van der Waals surface area contributed by atoms with Gasteiger partial charge in [0.2, 0.25) is 11.8 Å². The maximum Gasteiger partial charge on any atom is 0.237 e. The molecule has 1 aliphatic rings. The van der Waals surface area contributed by atoms with E-state index in [1.807, 2.05) is 49.0 Å². The molecule has 0 unspecified atom stereocenters. The first-order chi connectivity index (χ1) is 11.1. The Balaban J connectivity index is 1.83. The number of benzene rings is 1. The van der Waals surface area contributed by atoms with Gasteiger partial charge in [0.05, 0.1) is 17.1 Å². The molecule has 2 amide bonds. The largest absolute Gasteiger partial charge is 0.329 e. The van der Waals surface area contributed by atoms with Gasteiger partial charge in [-0.1, -0.05) is 23.9 Å². The molecular formula is C16H18N4O2S. The molecule has 2 aromatic rings. The number of hydrogen-bond donors (Lipinski definition) is 1. The predicted octanol–water partition coefficient (Wildman–Crippen LogP) is 2.28. The number of carbonyl (C=O) groups excluding carboxylic acids is 2. The molecule has 0 spiro atoms. The highest BCUT2D eigenvalue weighted by Crippen LogP contribution is 2.32. The zero-order chi connectivity index (χ0) is 16.4. The average molecular weight is 330 g/mol. The Morgan fingerprint density at radius 3 is 2.96 bits per heavy atom. The molecule has 1 atom stereocenters. The third-order valence-corrected chi connectivity index (χ3v) is 4.77. The fraction of sp³-hybridized carbons (Fsp3) is 0.312. The summed E-state index contributed by atoms with van der Waals surface area (Å²) in [5, 5.41) is 3.66. The van der Waals surface area contributed by atoms with E-state index in [1.165, 1.54) is 11.8 Å². The molecule has 2 heterocycles. The van der Waals surface area contributed by atoms with Crippen molar-refractivity contribution in [3.8, 4) is 0 Å². The van der Waals surface area contributed by atoms with Crippen molar-refractivity contribution in [1.29, 1.82) is 0 Å². The summed E-state index contributed by atoms with van der Waals surface area (Å²) in [6, 6.07) is 7.21. The molecule has 120 valence electrons. The lowest BCUT2D eigenvalue weighted by atomic mass is 10.2. The molecule has 0 radical (unpaired) electrons. The molecule has 0 saturated carbocycles. The number of carbonyl (C=O) groups is 2. The monoisotopic (exact) mass is 330 g/mol. The molecular weight excluding hydrogens is 312 g/mol. The van der Waals surface area contributed by atoms with Crippen molar-refractivity contribution < 1.29 is 9.59 Å². The highest BCUT2D eigenvalue weighted by molar-refractivity contribution is 7.99. The molecule has 0 bridgehead atoms. The van der Waals surface area contributed by atoms with E-state index < -0.39 is 0 Å². The van der Waals surface area contributed by atoms with Crippen molar-refractivity contribution in [2.24, 2.45) is 7.05 Å². The Labute approximate surface area is 138 Å². The average Bonchev–Trinajstić information content (AvgIpc) is 2.86. The first kappa shape index (κ1) is 15.6. The highest BCUT2D eigenvalue weighted by Gasteiger charge is 2.29. The lowest BCUT2D eigenvalue weighted by Crippen LogP contribution is -2.40. The van der Waals surface area contributed by atoms with Gasteiger partial charge in [0, 0.05) is 31.9 Å². The van der Waals surface area contributed by atoms with Crippen LogP contribution in [0.15, 0.2) is 41.8 Å². The van der Waals surface area contributed by atoms with Gasteiger partial charge in [-0.2, -0.15) is 0 Å². The smallest absolute Gasteiger partial charge is 0.237 e. The standard InChI is InChI=1S/C16H18N4O2S/c1-11-9-14(21)18-12-5-3-4-6-13(12)20(11)15(22)10-23-16-17-7-8-19(16)2/h3-8,11H,9-10H2,1-2H3,(H,18,21)/t11-/m0/s1. The van der Waals surface area contributed by atoms with Crippen molar-refractivity contribution in [1.82, 2.24) is 9.55 Å². The Morgan fingerprint density at radius 1 is 1.43 bits per heavy atom. The van der Waals surface area contributed by atoms with E-state index in [9.17, 15) is 9.59 Å². The zero-order valence-electron chi connectivity index (χ0n) is 13.0. The van der Waals surface area contributed by atoms with E-state index in [-0.39, 0.29) is 30.0 Å². The number of nitrogens with zero attached hydrogens (tertiary/aromatic N) is 3. The van der Waals surface area contributed by atoms with Crippen molar-refractivity contribution in [2.75, 3.05) is 16.0 Å². The molecule has 1 aromatic heterocycles. The normalized spacial score (nSPS) is 17.4. The molecule has 1 aromatic carbocycles. The molecule has 1 N–H and O–H groups in total. The van der Waals surface area contributed by atoms with Crippen LogP contribution in [0.2, 0.25) is 0 Å². The minimum atomic E-state index is -0.187. The minimum absolute atomic E-state index is 0.0329. The Kier molecular flexibility index (Phi) is 4.38. The van der Waals surface area contributed by atoms with Crippen molar-refractivity contribution >= 4 is 35.0 Å². The third-order valence-electron chi connectivity index (χ3n) is 3.73. The van der Waals surface area contributed by atoms with E-state index in [0.717, 1.165) is 10.8 Å². The number of anilines is 2. The van der Waals surface area contributed by atoms with Gasteiger partial charge >= 0.3 is 0 Å². The van der Waals surface area contributed by atoms with Crippen LogP contribution in [0.1, 0.15) is 13.3 Å². The second-order valence-electron chi connectivity index (χ2n) is 5.49. The maximum atomic E-state index is 12.8. The van der Waals surface area contributed by atoms with Crippen molar-refractivity contribution in [3.63, 3.8) is 0 Å². The van der Waals surface area contributed by atoms with Gasteiger partial charge in [-0.05, 0) is 19.1 Å². The SMILES string of the molecule is C[C@H]1CC(=O)Nc2ccccc2N1C(=O)CSc1nccn1C. The summed E-state index contributed by atoms with van der Waals surface area (Å²) < 4.78 is 1.88. The van der Waals surface area contributed by atoms with Crippen LogP contribution in [0, 0.1) is 0 Å². The fourth-order valence-electron chi connectivity index (χ4n) is 2.65. The molecule has 1 aliphatic heterocycles. The van der Waals surface area contributed by atoms with Crippen LogP contribution in [-0.2, 0) is 16.6 Å². The summed E-state index contributed by atoms with van der Waals surface area (Å²) in [5.41, 5.74) is 1.42. The van der Waals surface area contributed by atoms with Gasteiger partial charge in [-0.25, -0.2) is 4.98 Å². The molecule has 6 nitrogen and oxygen atoms in total. The summed E-state index contributed by atoms with van der Waals surface area (Å²) >= 11 is 1.40. The maximum absolute atomic E-state index is 12.8. The van der Waals surface area contributed by atoms with E-state index >= 15 is 0 Å². The lowest BCUT2D eigenvalue weighted by Gasteiger charge is -2.27. The quantitative estimate of drug-likeness (QED) is 0.877. The fourth-order valence-corrected chi connectivity index (χ4v) is 3.45. The van der Waals surface area contributed by atoms with E-state index in [1.54, 1.807) is 11.1 Å². The summed E-state index contributed by atoms with van der Waals surface area (Å²) in [7, 11) is 1.90. The van der Waals surface area contributed by atoms with Gasteiger partial charge in [0.15, 0.2) is 5.16 Å². The first-order valence-electron chi connectivity index (χ1n) is 7.37. The van der Waals surface area contributed by atoms with Gasteiger partial charge < -0.3 is 14.8 Å². The second kappa shape index (κ2) is 6.45. The molecule has 7 heteroatoms. The molecule has 0 fully saturated rings. The van der Waals surface area contributed by atoms with Crippen LogP contribution < -0.4 is 10.2 Å². The number of para-hydroxylation sites is 2. The predicted molar refractivity (Wildman–Crippen MR) is 90.6 cm³/mol.